The van der Waals surface area contributed by atoms with Crippen LogP contribution >= 0.6 is 11.3 Å². The van der Waals surface area contributed by atoms with E-state index in [1.165, 1.54) is 0 Å². The van der Waals surface area contributed by atoms with Gasteiger partial charge < -0.3 is 0 Å². The molecule has 1 aromatic carbocycles. The van der Waals surface area contributed by atoms with Crippen molar-refractivity contribution < 1.29 is 0 Å². The first-order valence-corrected chi connectivity index (χ1v) is 8.11. The van der Waals surface area contributed by atoms with Crippen LogP contribution in [0.3, 0.4) is 0 Å². The highest BCUT2D eigenvalue weighted by molar-refractivity contribution is 7.08. The van der Waals surface area contributed by atoms with Gasteiger partial charge in [-0.3, -0.25) is 24.1 Å². The number of nitrogens with zero attached hydrogens (tertiary/aromatic N) is 4. The van der Waals surface area contributed by atoms with Gasteiger partial charge in [0.05, 0.1) is 22.3 Å². The highest BCUT2D eigenvalue weighted by atomic mass is 32.1. The number of thiophene rings is 1. The van der Waals surface area contributed by atoms with Crippen molar-refractivity contribution in [2.75, 3.05) is 0 Å². The lowest BCUT2D eigenvalue weighted by atomic mass is 10.0. The molecular weight excluding hydrogens is 308 g/mol. The maximum atomic E-state index is 12.7. The molecule has 4 aromatic rings. The van der Waals surface area contributed by atoms with Gasteiger partial charge in [-0.1, -0.05) is 6.07 Å². The molecule has 5 nitrogen and oxygen atoms in total. The Labute approximate surface area is 136 Å². The second kappa shape index (κ2) is 5.17. The van der Waals surface area contributed by atoms with Gasteiger partial charge in [-0.05, 0) is 29.0 Å². The number of rotatable bonds is 2. The molecule has 6 heteroatoms. The lowest BCUT2D eigenvalue weighted by Gasteiger charge is -2.08. The summed E-state index contributed by atoms with van der Waals surface area (Å²) in [5.74, 6) is 0. The predicted molar refractivity (Wildman–Crippen MR) is 92.5 cm³/mol. The normalized spacial score (nSPS) is 11.2. The summed E-state index contributed by atoms with van der Waals surface area (Å²) in [7, 11) is 3.68. The van der Waals surface area contributed by atoms with Gasteiger partial charge >= 0.3 is 0 Å². The predicted octanol–water partition coefficient (Wildman–Crippen LogP) is 3.06. The molecule has 114 valence electrons. The van der Waals surface area contributed by atoms with E-state index in [0.29, 0.717) is 0 Å². The number of hydrogen-bond donors (Lipinski definition) is 0. The molecule has 0 spiro atoms. The average molecular weight is 322 g/mol. The minimum absolute atomic E-state index is 0.000132. The number of hydrogen-bond acceptors (Lipinski definition) is 4. The monoisotopic (exact) mass is 322 g/mol. The Morgan fingerprint density at radius 1 is 0.957 bits per heavy atom. The highest BCUT2D eigenvalue weighted by Crippen LogP contribution is 2.31. The molecule has 0 amide bonds. The molecule has 4 rings (SSSR count). The minimum atomic E-state index is 0.000132. The third-order valence-electron chi connectivity index (χ3n) is 4.07. The minimum Gasteiger partial charge on any atom is -0.285 e. The Balaban J connectivity index is 2.04. The molecule has 0 aliphatic heterocycles. The molecule has 0 aliphatic carbocycles. The fourth-order valence-electron chi connectivity index (χ4n) is 2.82. The molecule has 0 bridgehead atoms. The Kier molecular flexibility index (Phi) is 3.12. The van der Waals surface area contributed by atoms with Crippen molar-refractivity contribution in [2.45, 2.75) is 0 Å². The summed E-state index contributed by atoms with van der Waals surface area (Å²) in [4.78, 5) is 21.3. The molecule has 0 fully saturated rings. The number of fused-ring (bicyclic) bond motifs is 1. The van der Waals surface area contributed by atoms with Crippen LogP contribution in [-0.2, 0) is 14.1 Å². The van der Waals surface area contributed by atoms with Gasteiger partial charge in [-0.2, -0.15) is 11.3 Å². The molecule has 0 aliphatic rings. The van der Waals surface area contributed by atoms with Crippen molar-refractivity contribution in [1.82, 2.24) is 19.3 Å². The Morgan fingerprint density at radius 3 is 2.48 bits per heavy atom. The lowest BCUT2D eigenvalue weighted by Crippen LogP contribution is -2.17. The SMILES string of the molecule is Cn1c(-c2ccc3nccnc3c2)c(-c2ccsc2)c(=O)n1C. The van der Waals surface area contributed by atoms with Gasteiger partial charge in [0.15, 0.2) is 0 Å². The summed E-state index contributed by atoms with van der Waals surface area (Å²) in [6.45, 7) is 0. The van der Waals surface area contributed by atoms with E-state index in [4.69, 9.17) is 0 Å². The Morgan fingerprint density at radius 2 is 1.74 bits per heavy atom. The van der Waals surface area contributed by atoms with Crippen molar-refractivity contribution >= 4 is 22.4 Å². The van der Waals surface area contributed by atoms with E-state index >= 15 is 0 Å². The molecule has 0 saturated carbocycles. The van der Waals surface area contributed by atoms with Crippen LogP contribution < -0.4 is 5.56 Å². The summed E-state index contributed by atoms with van der Waals surface area (Å²) in [5, 5.41) is 3.98. The van der Waals surface area contributed by atoms with Crippen LogP contribution in [0, 0.1) is 0 Å². The van der Waals surface area contributed by atoms with E-state index in [9.17, 15) is 4.79 Å². The van der Waals surface area contributed by atoms with Crippen LogP contribution in [-0.4, -0.2) is 19.3 Å². The average Bonchev–Trinajstić information content (AvgIpc) is 3.17. The molecule has 0 saturated heterocycles. The molecule has 3 aromatic heterocycles. The van der Waals surface area contributed by atoms with Crippen LogP contribution in [0.2, 0.25) is 0 Å². The second-order valence-corrected chi connectivity index (χ2v) is 6.13. The number of benzene rings is 1. The van der Waals surface area contributed by atoms with Crippen molar-refractivity contribution in [3.05, 3.63) is 57.8 Å². The van der Waals surface area contributed by atoms with E-state index in [1.54, 1.807) is 35.5 Å². The summed E-state index contributed by atoms with van der Waals surface area (Å²) < 4.78 is 3.51. The summed E-state index contributed by atoms with van der Waals surface area (Å²) in [5.41, 5.74) is 5.18. The van der Waals surface area contributed by atoms with Gasteiger partial charge in [-0.15, -0.1) is 0 Å². The van der Waals surface area contributed by atoms with Gasteiger partial charge in [0.2, 0.25) is 0 Å². The first-order valence-electron chi connectivity index (χ1n) is 7.16. The lowest BCUT2D eigenvalue weighted by molar-refractivity contribution is 0.584. The van der Waals surface area contributed by atoms with E-state index in [0.717, 1.165) is 33.4 Å². The van der Waals surface area contributed by atoms with Crippen LogP contribution in [0.15, 0.2) is 52.2 Å². The third-order valence-corrected chi connectivity index (χ3v) is 4.75. The van der Waals surface area contributed by atoms with Crippen molar-refractivity contribution in [3.63, 3.8) is 0 Å². The molecule has 0 N–H and O–H groups in total. The summed E-state index contributed by atoms with van der Waals surface area (Å²) in [6.07, 6.45) is 3.35. The number of aromatic nitrogens is 4. The fourth-order valence-corrected chi connectivity index (χ4v) is 3.47. The summed E-state index contributed by atoms with van der Waals surface area (Å²) in [6, 6.07) is 7.88. The topological polar surface area (TPSA) is 52.7 Å². The van der Waals surface area contributed by atoms with Crippen LogP contribution in [0.1, 0.15) is 0 Å². The van der Waals surface area contributed by atoms with Gasteiger partial charge in [-0.25, -0.2) is 0 Å². The van der Waals surface area contributed by atoms with Crippen molar-refractivity contribution in [1.29, 1.82) is 0 Å². The Bertz CT molecular complexity index is 1060. The molecule has 3 heterocycles. The zero-order valence-electron chi connectivity index (χ0n) is 12.7. The van der Waals surface area contributed by atoms with E-state index in [2.05, 4.69) is 9.97 Å². The second-order valence-electron chi connectivity index (χ2n) is 5.35. The smallest absolute Gasteiger partial charge is 0.274 e. The van der Waals surface area contributed by atoms with Crippen LogP contribution in [0.25, 0.3) is 33.4 Å². The van der Waals surface area contributed by atoms with Crippen LogP contribution in [0.4, 0.5) is 0 Å². The third kappa shape index (κ3) is 2.10. The van der Waals surface area contributed by atoms with Gasteiger partial charge in [0, 0.05) is 37.6 Å². The fraction of sp³-hybridized carbons (Fsp3) is 0.118. The molecular formula is C17H14N4OS. The molecule has 23 heavy (non-hydrogen) atoms. The Hall–Kier alpha value is -2.73. The van der Waals surface area contributed by atoms with Crippen molar-refractivity contribution in [2.24, 2.45) is 14.1 Å². The maximum Gasteiger partial charge on any atom is 0.274 e. The van der Waals surface area contributed by atoms with Crippen LogP contribution in [0.5, 0.6) is 0 Å². The highest BCUT2D eigenvalue weighted by Gasteiger charge is 2.19. The van der Waals surface area contributed by atoms with E-state index < -0.39 is 0 Å². The molecule has 0 unspecified atom stereocenters. The van der Waals surface area contributed by atoms with E-state index in [-0.39, 0.29) is 5.56 Å². The quantitative estimate of drug-likeness (QED) is 0.570. The largest absolute Gasteiger partial charge is 0.285 e. The molecule has 0 atom stereocenters. The summed E-state index contributed by atoms with van der Waals surface area (Å²) >= 11 is 1.58. The van der Waals surface area contributed by atoms with Crippen molar-refractivity contribution in [3.8, 4) is 22.4 Å². The standard InChI is InChI=1S/C17H14N4OS/c1-20-16(11-3-4-13-14(9-11)19-7-6-18-13)15(17(22)21(20)2)12-5-8-23-10-12/h3-10H,1-2H3. The first-order chi connectivity index (χ1) is 11.2. The van der Waals surface area contributed by atoms with Gasteiger partial charge in [0.1, 0.15) is 0 Å². The molecule has 0 radical (unpaired) electrons. The first kappa shape index (κ1) is 13.9. The van der Waals surface area contributed by atoms with E-state index in [1.807, 2.05) is 46.8 Å². The zero-order valence-corrected chi connectivity index (χ0v) is 13.5. The van der Waals surface area contributed by atoms with Gasteiger partial charge in [0.25, 0.3) is 5.56 Å². The maximum absolute atomic E-state index is 12.7. The zero-order chi connectivity index (χ0) is 16.0.